The van der Waals surface area contributed by atoms with Gasteiger partial charge >= 0.3 is 5.97 Å². The van der Waals surface area contributed by atoms with E-state index in [2.05, 4.69) is 0 Å². The van der Waals surface area contributed by atoms with Crippen LogP contribution in [0, 0.1) is 5.92 Å². The summed E-state index contributed by atoms with van der Waals surface area (Å²) in [5, 5.41) is 0. The predicted octanol–water partition coefficient (Wildman–Crippen LogP) is 1.11. The van der Waals surface area contributed by atoms with Crippen molar-refractivity contribution in [3.05, 3.63) is 11.6 Å². The van der Waals surface area contributed by atoms with Crippen LogP contribution in [0.25, 0.3) is 0 Å². The summed E-state index contributed by atoms with van der Waals surface area (Å²) >= 11 is -1.06. The summed E-state index contributed by atoms with van der Waals surface area (Å²) in [6.45, 7) is 6.75. The highest BCUT2D eigenvalue weighted by Crippen LogP contribution is 2.28. The van der Waals surface area contributed by atoms with Crippen LogP contribution in [0.4, 0.5) is 0 Å². The van der Waals surface area contributed by atoms with Crippen LogP contribution in [0.3, 0.4) is 0 Å². The van der Waals surface area contributed by atoms with Crippen LogP contribution in [-0.2, 0) is 20.9 Å². The number of rotatable bonds is 4. The summed E-state index contributed by atoms with van der Waals surface area (Å²) in [4.78, 5) is 11.7. The quantitative estimate of drug-likeness (QED) is 0.550. The average Bonchev–Trinajstić information content (AvgIpc) is 2.61. The Morgan fingerprint density at radius 3 is 2.81 bits per heavy atom. The van der Waals surface area contributed by atoms with Crippen molar-refractivity contribution >= 4 is 17.3 Å². The van der Waals surface area contributed by atoms with Crippen molar-refractivity contribution in [2.24, 2.45) is 5.92 Å². The van der Waals surface area contributed by atoms with Crippen LogP contribution in [0.1, 0.15) is 20.8 Å². The van der Waals surface area contributed by atoms with Gasteiger partial charge < -0.3 is 9.29 Å². The largest absolute Gasteiger partial charge is 0.598 e. The average molecular weight is 245 g/mol. The van der Waals surface area contributed by atoms with Crippen molar-refractivity contribution in [3.63, 3.8) is 0 Å². The molecule has 5 heteroatoms. The zero-order valence-electron chi connectivity index (χ0n) is 10.2. The van der Waals surface area contributed by atoms with Gasteiger partial charge in [0.25, 0.3) is 0 Å². The van der Waals surface area contributed by atoms with Gasteiger partial charge in [0.15, 0.2) is 0 Å². The van der Waals surface area contributed by atoms with Gasteiger partial charge in [-0.25, -0.2) is 4.79 Å². The molecule has 1 aliphatic rings. The highest BCUT2D eigenvalue weighted by molar-refractivity contribution is 7.88. The monoisotopic (exact) mass is 245 g/mol. The lowest BCUT2D eigenvalue weighted by Gasteiger charge is -2.27. The van der Waals surface area contributed by atoms with Gasteiger partial charge in [-0.3, -0.25) is 0 Å². The molecule has 2 atom stereocenters. The molecule has 0 bridgehead atoms. The summed E-state index contributed by atoms with van der Waals surface area (Å²) in [5.74, 6) is -0.0452. The molecule has 0 fully saturated rings. The Labute approximate surface area is 100.0 Å². The standard InChI is InChI=1S/C11H19NO3S/c1-5-15-11(13)9-6-7-12(16(4)14)10(9)8(2)3/h6,8,10H,5,7H2,1-4H3/t10-,16?/m1/s1. The summed E-state index contributed by atoms with van der Waals surface area (Å²) in [7, 11) is 0. The van der Waals surface area contributed by atoms with Crippen LogP contribution in [0.2, 0.25) is 0 Å². The van der Waals surface area contributed by atoms with Gasteiger partial charge in [-0.2, -0.15) is 0 Å². The molecule has 0 saturated heterocycles. The molecule has 0 aromatic rings. The molecule has 16 heavy (non-hydrogen) atoms. The first-order valence-electron chi connectivity index (χ1n) is 5.46. The van der Waals surface area contributed by atoms with Gasteiger partial charge in [-0.15, -0.1) is 4.31 Å². The molecule has 1 rings (SSSR count). The second-order valence-corrected chi connectivity index (χ2v) is 5.41. The van der Waals surface area contributed by atoms with Crippen molar-refractivity contribution in [3.8, 4) is 0 Å². The summed E-state index contributed by atoms with van der Waals surface area (Å²) in [6.07, 6.45) is 3.46. The molecular weight excluding hydrogens is 226 g/mol. The van der Waals surface area contributed by atoms with Gasteiger partial charge in [0.1, 0.15) is 6.26 Å². The summed E-state index contributed by atoms with van der Waals surface area (Å²) in [6, 6.07) is -0.0927. The number of carbonyl (C=O) groups is 1. The van der Waals surface area contributed by atoms with Crippen molar-refractivity contribution < 1.29 is 14.1 Å². The minimum absolute atomic E-state index is 0.0927. The number of carbonyl (C=O) groups excluding carboxylic acids is 1. The summed E-state index contributed by atoms with van der Waals surface area (Å²) < 4.78 is 18.4. The normalized spacial score (nSPS) is 23.4. The molecule has 0 aromatic heterocycles. The molecule has 0 amide bonds. The fraction of sp³-hybridized carbons (Fsp3) is 0.727. The van der Waals surface area contributed by atoms with Crippen LogP contribution in [0.15, 0.2) is 11.6 Å². The van der Waals surface area contributed by atoms with E-state index < -0.39 is 11.4 Å². The predicted molar refractivity (Wildman–Crippen MR) is 64.1 cm³/mol. The third kappa shape index (κ3) is 2.78. The number of hydrogen-bond acceptors (Lipinski definition) is 4. The fourth-order valence-corrected chi connectivity index (χ4v) is 2.91. The van der Waals surface area contributed by atoms with E-state index in [0.717, 1.165) is 0 Å². The first-order valence-corrected chi connectivity index (χ1v) is 6.97. The zero-order valence-corrected chi connectivity index (χ0v) is 11.0. The Balaban J connectivity index is 2.82. The summed E-state index contributed by atoms with van der Waals surface area (Å²) in [5.41, 5.74) is 0.645. The van der Waals surface area contributed by atoms with Gasteiger partial charge in [-0.05, 0) is 12.8 Å². The lowest BCUT2D eigenvalue weighted by molar-refractivity contribution is -0.139. The second-order valence-electron chi connectivity index (χ2n) is 4.09. The van der Waals surface area contributed by atoms with Gasteiger partial charge in [0.05, 0.1) is 24.8 Å². The van der Waals surface area contributed by atoms with E-state index >= 15 is 0 Å². The number of ether oxygens (including phenoxy) is 1. The van der Waals surface area contributed by atoms with E-state index in [4.69, 9.17) is 4.74 Å². The first-order chi connectivity index (χ1) is 7.49. The maximum Gasteiger partial charge on any atom is 0.335 e. The Kier molecular flexibility index (Phi) is 4.83. The minimum atomic E-state index is -1.06. The molecule has 92 valence electrons. The molecule has 0 N–H and O–H groups in total. The maximum atomic E-state index is 11.7. The topological polar surface area (TPSA) is 52.6 Å². The number of nitrogens with zero attached hydrogens (tertiary/aromatic N) is 1. The second kappa shape index (κ2) is 5.70. The molecular formula is C11H19NO3S. The van der Waals surface area contributed by atoms with E-state index in [-0.39, 0.29) is 17.9 Å². The Hall–Kier alpha value is -0.520. The number of esters is 1. The van der Waals surface area contributed by atoms with Crippen molar-refractivity contribution in [1.29, 1.82) is 0 Å². The highest BCUT2D eigenvalue weighted by Gasteiger charge is 2.39. The molecule has 1 heterocycles. The maximum absolute atomic E-state index is 11.7. The van der Waals surface area contributed by atoms with E-state index in [9.17, 15) is 9.35 Å². The molecule has 0 spiro atoms. The van der Waals surface area contributed by atoms with E-state index in [1.54, 1.807) is 13.2 Å². The minimum Gasteiger partial charge on any atom is -0.598 e. The van der Waals surface area contributed by atoms with E-state index in [1.165, 1.54) is 0 Å². The molecule has 1 unspecified atom stereocenters. The first kappa shape index (κ1) is 13.5. The third-order valence-corrected chi connectivity index (χ3v) is 3.63. The van der Waals surface area contributed by atoms with Crippen molar-refractivity contribution in [1.82, 2.24) is 4.31 Å². The lowest BCUT2D eigenvalue weighted by atomic mass is 9.98. The molecule has 1 aliphatic heterocycles. The Morgan fingerprint density at radius 1 is 1.75 bits per heavy atom. The Bertz CT molecular complexity index is 289. The molecule has 0 aromatic carbocycles. The SMILES string of the molecule is CCOC(=O)C1=CCN([S+](C)[O-])[C@@H]1C(C)C. The smallest absolute Gasteiger partial charge is 0.335 e. The van der Waals surface area contributed by atoms with Crippen LogP contribution in [0.5, 0.6) is 0 Å². The molecule has 0 saturated carbocycles. The zero-order chi connectivity index (χ0) is 12.3. The van der Waals surface area contributed by atoms with Crippen LogP contribution >= 0.6 is 0 Å². The van der Waals surface area contributed by atoms with Gasteiger partial charge in [0.2, 0.25) is 0 Å². The number of hydrogen-bond donors (Lipinski definition) is 0. The molecule has 4 nitrogen and oxygen atoms in total. The van der Waals surface area contributed by atoms with E-state index in [1.807, 2.05) is 24.2 Å². The highest BCUT2D eigenvalue weighted by atomic mass is 32.2. The van der Waals surface area contributed by atoms with Crippen molar-refractivity contribution in [2.45, 2.75) is 26.8 Å². The van der Waals surface area contributed by atoms with E-state index in [0.29, 0.717) is 18.7 Å². The van der Waals surface area contributed by atoms with Crippen LogP contribution < -0.4 is 0 Å². The lowest BCUT2D eigenvalue weighted by Crippen LogP contribution is -2.41. The molecule has 0 aliphatic carbocycles. The van der Waals surface area contributed by atoms with Crippen molar-refractivity contribution in [2.75, 3.05) is 19.4 Å². The van der Waals surface area contributed by atoms with Gasteiger partial charge in [-0.1, -0.05) is 19.9 Å². The Morgan fingerprint density at radius 2 is 2.38 bits per heavy atom. The fourth-order valence-electron chi connectivity index (χ4n) is 1.95. The third-order valence-electron chi connectivity index (χ3n) is 2.59. The molecule has 0 radical (unpaired) electrons. The van der Waals surface area contributed by atoms with Crippen LogP contribution in [-0.4, -0.2) is 40.3 Å². The van der Waals surface area contributed by atoms with Gasteiger partial charge in [0, 0.05) is 11.4 Å².